The van der Waals surface area contributed by atoms with Crippen LogP contribution in [-0.2, 0) is 17.9 Å². The van der Waals surface area contributed by atoms with E-state index in [0.29, 0.717) is 12.3 Å². The number of hydrogen-bond donors (Lipinski definition) is 1. The Kier molecular flexibility index (Phi) is 4.59. The van der Waals surface area contributed by atoms with Crippen LogP contribution in [-0.4, -0.2) is 27.4 Å². The van der Waals surface area contributed by atoms with E-state index in [2.05, 4.69) is 15.3 Å². The number of thiazole rings is 1. The summed E-state index contributed by atoms with van der Waals surface area (Å²) in [6.45, 7) is 4.42. The molecule has 0 bridgehead atoms. The number of rotatable bonds is 5. The number of halogens is 1. The molecular weight excluding hydrogens is 331 g/mol. The van der Waals surface area contributed by atoms with Crippen molar-refractivity contribution >= 4 is 22.9 Å². The van der Waals surface area contributed by atoms with Crippen LogP contribution in [0.15, 0.2) is 18.3 Å². The Labute approximate surface area is 142 Å². The van der Waals surface area contributed by atoms with Crippen molar-refractivity contribution in [3.63, 3.8) is 0 Å². The summed E-state index contributed by atoms with van der Waals surface area (Å²) < 4.78 is 20.7. The van der Waals surface area contributed by atoms with E-state index in [4.69, 9.17) is 4.74 Å². The minimum atomic E-state index is -0.660. The summed E-state index contributed by atoms with van der Waals surface area (Å²) in [6, 6.07) is 3.50. The average molecular weight is 348 g/mol. The average Bonchev–Trinajstić information content (AvgIpc) is 3.06. The Morgan fingerprint density at radius 1 is 1.38 bits per heavy atom. The van der Waals surface area contributed by atoms with E-state index in [0.717, 1.165) is 21.1 Å². The van der Waals surface area contributed by atoms with Gasteiger partial charge in [0.05, 0.1) is 18.8 Å². The molecule has 0 radical (unpaired) electrons. The van der Waals surface area contributed by atoms with Crippen LogP contribution in [0.5, 0.6) is 0 Å². The number of fused-ring (bicyclic) bond motifs is 1. The van der Waals surface area contributed by atoms with Gasteiger partial charge in [0.2, 0.25) is 5.95 Å². The third-order valence-electron chi connectivity index (χ3n) is 3.54. The number of aryl methyl sites for hydroxylation is 2. The Morgan fingerprint density at radius 2 is 2.17 bits per heavy atom. The summed E-state index contributed by atoms with van der Waals surface area (Å²) in [4.78, 5) is 21.6. The number of hydrogen-bond acceptors (Lipinski definition) is 5. The summed E-state index contributed by atoms with van der Waals surface area (Å²) in [6.07, 6.45) is 1.61. The molecule has 0 aromatic carbocycles. The Bertz CT molecular complexity index is 903. The second-order valence-corrected chi connectivity index (χ2v) is 6.59. The molecular formula is C16H17FN4O2S. The lowest BCUT2D eigenvalue weighted by Crippen LogP contribution is -2.24. The fraction of sp³-hybridized carbons (Fsp3) is 0.312. The zero-order valence-electron chi connectivity index (χ0n) is 13.6. The highest BCUT2D eigenvalue weighted by atomic mass is 32.1. The number of ether oxygens (including phenoxy) is 1. The zero-order valence-corrected chi connectivity index (χ0v) is 14.4. The summed E-state index contributed by atoms with van der Waals surface area (Å²) in [5, 5.41) is 3.54. The van der Waals surface area contributed by atoms with Crippen molar-refractivity contribution in [3.05, 3.63) is 51.1 Å². The van der Waals surface area contributed by atoms with Crippen LogP contribution < -0.4 is 5.32 Å². The molecule has 126 valence electrons. The van der Waals surface area contributed by atoms with Gasteiger partial charge in [-0.3, -0.25) is 9.20 Å². The molecule has 0 aliphatic heterocycles. The largest absolute Gasteiger partial charge is 0.378 e. The quantitative estimate of drug-likeness (QED) is 0.770. The minimum absolute atomic E-state index is 0.208. The number of amides is 1. The number of imidazole rings is 1. The molecule has 24 heavy (non-hydrogen) atoms. The maximum absolute atomic E-state index is 14.4. The van der Waals surface area contributed by atoms with E-state index >= 15 is 0 Å². The molecule has 8 heteroatoms. The van der Waals surface area contributed by atoms with Gasteiger partial charge in [-0.05, 0) is 25.5 Å². The van der Waals surface area contributed by atoms with Gasteiger partial charge in [0.15, 0.2) is 5.69 Å². The van der Waals surface area contributed by atoms with Crippen LogP contribution in [0.25, 0.3) is 5.65 Å². The highest BCUT2D eigenvalue weighted by molar-refractivity contribution is 7.11. The van der Waals surface area contributed by atoms with Crippen molar-refractivity contribution in [1.29, 1.82) is 0 Å². The normalized spacial score (nSPS) is 11.2. The van der Waals surface area contributed by atoms with E-state index in [9.17, 15) is 9.18 Å². The molecule has 6 nitrogen and oxygen atoms in total. The first-order chi connectivity index (χ1) is 11.5. The summed E-state index contributed by atoms with van der Waals surface area (Å²) in [5.74, 6) is -1.21. The van der Waals surface area contributed by atoms with Gasteiger partial charge in [0, 0.05) is 18.2 Å². The van der Waals surface area contributed by atoms with Gasteiger partial charge in [0.25, 0.3) is 5.91 Å². The molecule has 3 aromatic rings. The van der Waals surface area contributed by atoms with Crippen molar-refractivity contribution in [2.45, 2.75) is 27.0 Å². The van der Waals surface area contributed by atoms with Gasteiger partial charge in [0.1, 0.15) is 10.7 Å². The Balaban J connectivity index is 1.77. The highest BCUT2D eigenvalue weighted by Crippen LogP contribution is 2.19. The number of pyridine rings is 1. The van der Waals surface area contributed by atoms with Crippen LogP contribution in [0.3, 0.4) is 0 Å². The lowest BCUT2D eigenvalue weighted by Gasteiger charge is -2.01. The molecule has 3 aromatic heterocycles. The van der Waals surface area contributed by atoms with Crippen molar-refractivity contribution < 1.29 is 13.9 Å². The van der Waals surface area contributed by atoms with Crippen LogP contribution in [0, 0.1) is 19.8 Å². The molecule has 0 saturated carbocycles. The van der Waals surface area contributed by atoms with Gasteiger partial charge in [-0.25, -0.2) is 9.97 Å². The van der Waals surface area contributed by atoms with E-state index < -0.39 is 11.9 Å². The van der Waals surface area contributed by atoms with Gasteiger partial charge in [-0.2, -0.15) is 4.39 Å². The molecule has 0 aliphatic rings. The van der Waals surface area contributed by atoms with E-state index in [1.807, 2.05) is 19.9 Å². The van der Waals surface area contributed by atoms with Gasteiger partial charge in [-0.15, -0.1) is 11.3 Å². The molecule has 1 amide bonds. The lowest BCUT2D eigenvalue weighted by molar-refractivity contribution is 0.0942. The second kappa shape index (κ2) is 6.66. The predicted molar refractivity (Wildman–Crippen MR) is 88.6 cm³/mol. The monoisotopic (exact) mass is 348 g/mol. The fourth-order valence-electron chi connectivity index (χ4n) is 2.35. The number of carbonyl (C=O) groups is 1. The third kappa shape index (κ3) is 3.15. The minimum Gasteiger partial charge on any atom is -0.378 e. The first-order valence-corrected chi connectivity index (χ1v) is 8.17. The van der Waals surface area contributed by atoms with Crippen molar-refractivity contribution in [1.82, 2.24) is 19.7 Å². The highest BCUT2D eigenvalue weighted by Gasteiger charge is 2.19. The smallest absolute Gasteiger partial charge is 0.274 e. The zero-order chi connectivity index (χ0) is 17.3. The lowest BCUT2D eigenvalue weighted by atomic mass is 10.3. The van der Waals surface area contributed by atoms with Crippen molar-refractivity contribution in [2.24, 2.45) is 0 Å². The van der Waals surface area contributed by atoms with Crippen molar-refractivity contribution in [2.75, 3.05) is 7.11 Å². The number of carbonyl (C=O) groups excluding carboxylic acids is 1. The molecule has 0 fully saturated rings. The fourth-order valence-corrected chi connectivity index (χ4v) is 3.33. The first kappa shape index (κ1) is 16.5. The van der Waals surface area contributed by atoms with E-state index in [-0.39, 0.29) is 12.2 Å². The number of nitrogens with zero attached hydrogens (tertiary/aromatic N) is 3. The summed E-state index contributed by atoms with van der Waals surface area (Å²) in [7, 11) is 1.60. The molecule has 0 aliphatic carbocycles. The maximum Gasteiger partial charge on any atom is 0.274 e. The van der Waals surface area contributed by atoms with Gasteiger partial charge in [-0.1, -0.05) is 6.07 Å². The molecule has 0 saturated heterocycles. The topological polar surface area (TPSA) is 68.5 Å². The predicted octanol–water partition coefficient (Wildman–Crippen LogP) is 2.62. The first-order valence-electron chi connectivity index (χ1n) is 7.36. The molecule has 0 atom stereocenters. The molecule has 3 heterocycles. The van der Waals surface area contributed by atoms with Crippen LogP contribution >= 0.6 is 11.3 Å². The maximum atomic E-state index is 14.4. The van der Waals surface area contributed by atoms with Crippen LogP contribution in [0.2, 0.25) is 0 Å². The van der Waals surface area contributed by atoms with Crippen molar-refractivity contribution in [3.8, 4) is 0 Å². The van der Waals surface area contributed by atoms with Gasteiger partial charge >= 0.3 is 0 Å². The standard InChI is InChI=1S/C16H17FN4O2S/c1-9-4-5-12-20-14(15(17)21(12)7-9)16(22)18-6-11-10(2)19-13(24-11)8-23-3/h4-5,7H,6,8H2,1-3H3,(H,18,22). The second-order valence-electron chi connectivity index (χ2n) is 5.42. The summed E-state index contributed by atoms with van der Waals surface area (Å²) in [5.41, 5.74) is 1.91. The summed E-state index contributed by atoms with van der Waals surface area (Å²) >= 11 is 1.46. The van der Waals surface area contributed by atoms with E-state index in [1.54, 1.807) is 19.4 Å². The SMILES string of the molecule is COCc1nc(C)c(CNC(=O)c2nc3ccc(C)cn3c2F)s1. The van der Waals surface area contributed by atoms with E-state index in [1.165, 1.54) is 15.7 Å². The third-order valence-corrected chi connectivity index (χ3v) is 4.67. The molecule has 0 spiro atoms. The molecule has 0 unspecified atom stereocenters. The van der Waals surface area contributed by atoms with Crippen LogP contribution in [0.4, 0.5) is 4.39 Å². The number of nitrogens with one attached hydrogen (secondary N) is 1. The number of aromatic nitrogens is 3. The van der Waals surface area contributed by atoms with Gasteiger partial charge < -0.3 is 10.1 Å². The Hall–Kier alpha value is -2.32. The van der Waals surface area contributed by atoms with Crippen LogP contribution in [0.1, 0.15) is 31.6 Å². The molecule has 3 rings (SSSR count). The Morgan fingerprint density at radius 3 is 2.92 bits per heavy atom. The molecule has 1 N–H and O–H groups in total. The number of methoxy groups -OCH3 is 1.